The number of carbonyl (C=O) groups is 1. The third-order valence-corrected chi connectivity index (χ3v) is 3.95. The van der Waals surface area contributed by atoms with Gasteiger partial charge in [0.25, 0.3) is 0 Å². The van der Waals surface area contributed by atoms with E-state index in [0.29, 0.717) is 25.5 Å². The van der Waals surface area contributed by atoms with Crippen LogP contribution in [0.15, 0.2) is 24.3 Å². The first-order chi connectivity index (χ1) is 11.7. The van der Waals surface area contributed by atoms with E-state index in [2.05, 4.69) is 25.9 Å². The Morgan fingerprint density at radius 2 is 2.42 bits per heavy atom. The fourth-order valence-corrected chi connectivity index (χ4v) is 2.79. The predicted molar refractivity (Wildman–Crippen MR) is 87.9 cm³/mol. The molecule has 128 valence electrons. The summed E-state index contributed by atoms with van der Waals surface area (Å²) in [6.07, 6.45) is 2.28. The van der Waals surface area contributed by atoms with Crippen LogP contribution in [-0.4, -0.2) is 64.3 Å². The van der Waals surface area contributed by atoms with Crippen molar-refractivity contribution in [1.82, 2.24) is 30.8 Å². The number of hydrogen-bond acceptors (Lipinski definition) is 6. The van der Waals surface area contributed by atoms with Crippen molar-refractivity contribution < 1.29 is 9.53 Å². The molecule has 0 saturated carbocycles. The number of rotatable bonds is 7. The quantitative estimate of drug-likeness (QED) is 0.771. The predicted octanol–water partition coefficient (Wildman–Crippen LogP) is 0.594. The van der Waals surface area contributed by atoms with Crippen LogP contribution in [0.4, 0.5) is 0 Å². The Balaban J connectivity index is 1.48. The number of nitrogens with zero attached hydrogens (tertiary/aromatic N) is 4. The van der Waals surface area contributed by atoms with Gasteiger partial charge in [0.2, 0.25) is 11.7 Å². The fraction of sp³-hybridized carbons (Fsp3) is 0.500. The number of likely N-dealkylation sites (N-methyl/N-ethyl adjacent to an activating group) is 1. The van der Waals surface area contributed by atoms with Crippen LogP contribution in [0.25, 0.3) is 11.4 Å². The second-order valence-corrected chi connectivity index (χ2v) is 6.05. The number of H-pyrrole nitrogens is 1. The third kappa shape index (κ3) is 4.59. The molecule has 8 heteroatoms. The summed E-state index contributed by atoms with van der Waals surface area (Å²) in [5.74, 6) is 0.580. The van der Waals surface area contributed by atoms with Gasteiger partial charge in [-0.3, -0.25) is 9.69 Å². The van der Waals surface area contributed by atoms with Crippen molar-refractivity contribution in [2.24, 2.45) is 0 Å². The van der Waals surface area contributed by atoms with Crippen LogP contribution in [-0.2, 0) is 16.1 Å². The molecule has 8 nitrogen and oxygen atoms in total. The largest absolute Gasteiger partial charge is 0.376 e. The first-order valence-electron chi connectivity index (χ1n) is 8.10. The van der Waals surface area contributed by atoms with E-state index in [0.717, 1.165) is 30.6 Å². The smallest absolute Gasteiger partial charge is 0.234 e. The van der Waals surface area contributed by atoms with Gasteiger partial charge in [-0.05, 0) is 36.7 Å². The van der Waals surface area contributed by atoms with Crippen LogP contribution in [0.2, 0.25) is 0 Å². The molecule has 1 aliphatic rings. The summed E-state index contributed by atoms with van der Waals surface area (Å²) >= 11 is 0. The maximum Gasteiger partial charge on any atom is 0.234 e. The zero-order valence-corrected chi connectivity index (χ0v) is 13.7. The summed E-state index contributed by atoms with van der Waals surface area (Å²) in [5.41, 5.74) is 1.99. The molecular weight excluding hydrogens is 308 g/mol. The highest BCUT2D eigenvalue weighted by atomic mass is 16.5. The summed E-state index contributed by atoms with van der Waals surface area (Å²) in [4.78, 5) is 14.0. The van der Waals surface area contributed by atoms with E-state index in [4.69, 9.17) is 4.74 Å². The molecule has 2 N–H and O–H groups in total. The number of aromatic nitrogens is 4. The molecule has 0 radical (unpaired) electrons. The van der Waals surface area contributed by atoms with Crippen LogP contribution in [0, 0.1) is 0 Å². The molecule has 0 bridgehead atoms. The molecule has 1 aromatic heterocycles. The summed E-state index contributed by atoms with van der Waals surface area (Å²) in [7, 11) is 1.92. The molecule has 0 aliphatic carbocycles. The number of amides is 1. The Hall–Kier alpha value is -2.32. The van der Waals surface area contributed by atoms with E-state index in [1.807, 2.05) is 36.2 Å². The van der Waals surface area contributed by atoms with E-state index in [9.17, 15) is 4.79 Å². The minimum Gasteiger partial charge on any atom is -0.376 e. The molecule has 2 aromatic rings. The van der Waals surface area contributed by atoms with Crippen molar-refractivity contribution in [1.29, 1.82) is 0 Å². The summed E-state index contributed by atoms with van der Waals surface area (Å²) < 4.78 is 5.50. The van der Waals surface area contributed by atoms with Gasteiger partial charge < -0.3 is 10.1 Å². The van der Waals surface area contributed by atoms with Crippen molar-refractivity contribution >= 4 is 5.91 Å². The van der Waals surface area contributed by atoms with E-state index in [1.54, 1.807) is 0 Å². The maximum atomic E-state index is 12.0. The van der Waals surface area contributed by atoms with Crippen LogP contribution < -0.4 is 5.32 Å². The lowest BCUT2D eigenvalue weighted by Gasteiger charge is -2.17. The second-order valence-electron chi connectivity index (χ2n) is 6.05. The second kappa shape index (κ2) is 7.98. The molecule has 1 aromatic carbocycles. The topological polar surface area (TPSA) is 96.0 Å². The molecular formula is C16H22N6O2. The van der Waals surface area contributed by atoms with Crippen LogP contribution in [0.5, 0.6) is 0 Å². The molecule has 0 spiro atoms. The Kier molecular flexibility index (Phi) is 5.50. The third-order valence-electron chi connectivity index (χ3n) is 3.95. The number of nitrogens with one attached hydrogen (secondary N) is 2. The van der Waals surface area contributed by atoms with E-state index < -0.39 is 0 Å². The minimum atomic E-state index is 0.0160. The lowest BCUT2D eigenvalue weighted by molar-refractivity contribution is -0.122. The van der Waals surface area contributed by atoms with Gasteiger partial charge in [0.15, 0.2) is 0 Å². The van der Waals surface area contributed by atoms with Gasteiger partial charge in [-0.2, -0.15) is 5.21 Å². The molecule has 3 rings (SSSR count). The molecule has 1 aliphatic heterocycles. The lowest BCUT2D eigenvalue weighted by Crippen LogP contribution is -2.38. The van der Waals surface area contributed by atoms with Crippen molar-refractivity contribution in [3.8, 4) is 11.4 Å². The molecule has 0 unspecified atom stereocenters. The van der Waals surface area contributed by atoms with Crippen molar-refractivity contribution in [2.75, 3.05) is 26.7 Å². The summed E-state index contributed by atoms with van der Waals surface area (Å²) in [6.45, 7) is 2.41. The number of benzene rings is 1. The first-order valence-corrected chi connectivity index (χ1v) is 8.10. The standard InChI is InChI=1S/C16H22N6O2/c1-22(11-15(23)17-9-14-6-3-7-24-14)10-12-4-2-5-13(8-12)16-18-20-21-19-16/h2,4-5,8,14H,3,6-7,9-11H2,1H3,(H,17,23)(H,18,19,20,21)/t14-/m1/s1. The van der Waals surface area contributed by atoms with Crippen LogP contribution in [0.1, 0.15) is 18.4 Å². The molecule has 1 fully saturated rings. The normalized spacial score (nSPS) is 17.3. The summed E-state index contributed by atoms with van der Waals surface area (Å²) in [6, 6.07) is 7.91. The van der Waals surface area contributed by atoms with Gasteiger partial charge >= 0.3 is 0 Å². The number of ether oxygens (including phenoxy) is 1. The highest BCUT2D eigenvalue weighted by molar-refractivity contribution is 5.78. The van der Waals surface area contributed by atoms with Crippen molar-refractivity contribution in [2.45, 2.75) is 25.5 Å². The molecule has 24 heavy (non-hydrogen) atoms. The number of tetrazole rings is 1. The molecule has 1 amide bonds. The van der Waals surface area contributed by atoms with Crippen molar-refractivity contribution in [3.05, 3.63) is 29.8 Å². The Bertz CT molecular complexity index is 654. The Labute approximate surface area is 140 Å². The summed E-state index contributed by atoms with van der Waals surface area (Å²) in [5, 5.41) is 16.9. The lowest BCUT2D eigenvalue weighted by atomic mass is 10.1. The Morgan fingerprint density at radius 3 is 3.17 bits per heavy atom. The zero-order chi connectivity index (χ0) is 16.8. The van der Waals surface area contributed by atoms with Gasteiger partial charge in [0.1, 0.15) is 0 Å². The molecule has 1 atom stereocenters. The average Bonchev–Trinajstić information content (AvgIpc) is 3.27. The zero-order valence-electron chi connectivity index (χ0n) is 13.7. The fourth-order valence-electron chi connectivity index (χ4n) is 2.79. The highest BCUT2D eigenvalue weighted by Crippen LogP contribution is 2.16. The van der Waals surface area contributed by atoms with E-state index >= 15 is 0 Å². The van der Waals surface area contributed by atoms with Crippen molar-refractivity contribution in [3.63, 3.8) is 0 Å². The minimum absolute atomic E-state index is 0.0160. The van der Waals surface area contributed by atoms with Gasteiger partial charge in [-0.15, -0.1) is 10.2 Å². The average molecular weight is 330 g/mol. The molecule has 2 heterocycles. The van der Waals surface area contributed by atoms with Crippen LogP contribution >= 0.6 is 0 Å². The highest BCUT2D eigenvalue weighted by Gasteiger charge is 2.16. The van der Waals surface area contributed by atoms with Crippen LogP contribution in [0.3, 0.4) is 0 Å². The van der Waals surface area contributed by atoms with E-state index in [1.165, 1.54) is 0 Å². The van der Waals surface area contributed by atoms with Gasteiger partial charge in [0, 0.05) is 25.3 Å². The van der Waals surface area contributed by atoms with Gasteiger partial charge in [-0.25, -0.2) is 0 Å². The van der Waals surface area contributed by atoms with E-state index in [-0.39, 0.29) is 12.0 Å². The monoisotopic (exact) mass is 330 g/mol. The van der Waals surface area contributed by atoms with Gasteiger partial charge in [-0.1, -0.05) is 18.2 Å². The Morgan fingerprint density at radius 1 is 1.50 bits per heavy atom. The SMILES string of the molecule is CN(CC(=O)NC[C@H]1CCCO1)Cc1cccc(-c2nn[nH]n2)c1. The van der Waals surface area contributed by atoms with Gasteiger partial charge in [0.05, 0.1) is 12.6 Å². The first kappa shape index (κ1) is 16.5. The number of hydrogen-bond donors (Lipinski definition) is 2. The molecule has 1 saturated heterocycles. The number of carbonyl (C=O) groups excluding carboxylic acids is 1. The number of aromatic amines is 1. The maximum absolute atomic E-state index is 12.0.